The number of carbonyl (C=O) groups is 1. The van der Waals surface area contributed by atoms with Crippen molar-refractivity contribution in [1.82, 2.24) is 15.0 Å². The van der Waals surface area contributed by atoms with Crippen molar-refractivity contribution in [3.8, 4) is 5.75 Å². The molecule has 3 heterocycles. The average Bonchev–Trinajstić information content (AvgIpc) is 2.77. The van der Waals surface area contributed by atoms with Crippen LogP contribution in [-0.4, -0.2) is 26.6 Å². The largest absolute Gasteiger partial charge is 0.352 e. The van der Waals surface area contributed by atoms with Crippen LogP contribution in [0.3, 0.4) is 0 Å². The Morgan fingerprint density at radius 1 is 1.23 bits per heavy atom. The second kappa shape index (κ2) is 9.66. The molecule has 0 bridgehead atoms. The number of oxime groups is 1. The first-order chi connectivity index (χ1) is 14.9. The number of hydrogen-bond acceptors (Lipinski definition) is 6. The Morgan fingerprint density at radius 3 is 2.71 bits per heavy atom. The summed E-state index contributed by atoms with van der Waals surface area (Å²) < 4.78 is 26.8. The highest BCUT2D eigenvalue weighted by atomic mass is 19.1. The first kappa shape index (κ1) is 21.7. The molecule has 0 aliphatic rings. The van der Waals surface area contributed by atoms with Crippen molar-refractivity contribution in [2.24, 2.45) is 5.16 Å². The molecule has 9 heteroatoms. The van der Waals surface area contributed by atoms with Gasteiger partial charge in [0.15, 0.2) is 0 Å². The van der Waals surface area contributed by atoms with Crippen molar-refractivity contribution in [2.45, 2.75) is 20.3 Å². The topological polar surface area (TPSA) is 89.4 Å². The SMILES string of the molecule is C=Cc1cncc(C(=O)Nc2ccc(C(CC)=NOc3cc(F)cnc3F)cn2)c1C. The molecule has 0 saturated heterocycles. The van der Waals surface area contributed by atoms with Gasteiger partial charge in [0.05, 0.1) is 17.5 Å². The van der Waals surface area contributed by atoms with Crippen molar-refractivity contribution in [2.75, 3.05) is 5.32 Å². The van der Waals surface area contributed by atoms with E-state index in [2.05, 4.69) is 32.0 Å². The quantitative estimate of drug-likeness (QED) is 0.342. The molecule has 0 spiro atoms. The number of amides is 1. The predicted molar refractivity (Wildman–Crippen MR) is 113 cm³/mol. The maximum absolute atomic E-state index is 13.6. The van der Waals surface area contributed by atoms with Crippen LogP contribution in [0.15, 0.2) is 54.7 Å². The third kappa shape index (κ3) is 5.13. The third-order valence-electron chi connectivity index (χ3n) is 4.42. The summed E-state index contributed by atoms with van der Waals surface area (Å²) in [6.45, 7) is 7.34. The maximum atomic E-state index is 13.6. The fourth-order valence-electron chi connectivity index (χ4n) is 2.69. The van der Waals surface area contributed by atoms with Crippen LogP contribution < -0.4 is 10.2 Å². The minimum absolute atomic E-state index is 0.328. The first-order valence-corrected chi connectivity index (χ1v) is 9.32. The molecule has 0 aliphatic carbocycles. The smallest absolute Gasteiger partial charge is 0.258 e. The highest BCUT2D eigenvalue weighted by molar-refractivity contribution is 6.05. The van der Waals surface area contributed by atoms with Crippen LogP contribution in [-0.2, 0) is 0 Å². The molecule has 1 N–H and O–H groups in total. The lowest BCUT2D eigenvalue weighted by Crippen LogP contribution is -2.15. The summed E-state index contributed by atoms with van der Waals surface area (Å²) in [5.41, 5.74) is 2.99. The number of anilines is 1. The fourth-order valence-corrected chi connectivity index (χ4v) is 2.69. The van der Waals surface area contributed by atoms with Crippen molar-refractivity contribution >= 4 is 23.5 Å². The van der Waals surface area contributed by atoms with Crippen LogP contribution in [0.5, 0.6) is 5.75 Å². The fraction of sp³-hybridized carbons (Fsp3) is 0.136. The molecule has 3 aromatic heterocycles. The van der Waals surface area contributed by atoms with Gasteiger partial charge in [-0.05, 0) is 36.6 Å². The summed E-state index contributed by atoms with van der Waals surface area (Å²) in [7, 11) is 0. The van der Waals surface area contributed by atoms with Gasteiger partial charge in [-0.2, -0.15) is 4.39 Å². The third-order valence-corrected chi connectivity index (χ3v) is 4.42. The van der Waals surface area contributed by atoms with Crippen LogP contribution in [0.4, 0.5) is 14.6 Å². The molecule has 0 saturated carbocycles. The molecular formula is C22H19F2N5O2. The Morgan fingerprint density at radius 2 is 2.03 bits per heavy atom. The van der Waals surface area contributed by atoms with E-state index in [1.807, 2.05) is 13.8 Å². The van der Waals surface area contributed by atoms with E-state index in [-0.39, 0.29) is 5.91 Å². The van der Waals surface area contributed by atoms with Gasteiger partial charge in [-0.3, -0.25) is 9.78 Å². The van der Waals surface area contributed by atoms with E-state index in [0.29, 0.717) is 29.1 Å². The summed E-state index contributed by atoms with van der Waals surface area (Å²) in [5, 5.41) is 6.59. The zero-order valence-electron chi connectivity index (χ0n) is 16.9. The van der Waals surface area contributed by atoms with Gasteiger partial charge in [-0.15, -0.1) is 0 Å². The van der Waals surface area contributed by atoms with Crippen molar-refractivity contribution in [3.63, 3.8) is 0 Å². The second-order valence-corrected chi connectivity index (χ2v) is 6.42. The molecule has 0 fully saturated rings. The van der Waals surface area contributed by atoms with E-state index in [9.17, 15) is 13.6 Å². The Hall–Kier alpha value is -4.01. The maximum Gasteiger partial charge on any atom is 0.258 e. The molecule has 0 radical (unpaired) electrons. The van der Waals surface area contributed by atoms with E-state index in [1.54, 1.807) is 24.4 Å². The van der Waals surface area contributed by atoms with Gasteiger partial charge in [0.1, 0.15) is 11.6 Å². The summed E-state index contributed by atoms with van der Waals surface area (Å²) in [4.78, 5) is 29.1. The van der Waals surface area contributed by atoms with Crippen LogP contribution in [0, 0.1) is 18.7 Å². The Kier molecular flexibility index (Phi) is 6.76. The summed E-state index contributed by atoms with van der Waals surface area (Å²) in [6.07, 6.45) is 7.42. The normalized spacial score (nSPS) is 11.2. The van der Waals surface area contributed by atoms with Gasteiger partial charge in [0.2, 0.25) is 5.75 Å². The number of nitrogens with zero attached hydrogens (tertiary/aromatic N) is 4. The zero-order valence-corrected chi connectivity index (χ0v) is 16.9. The monoisotopic (exact) mass is 423 g/mol. The Labute approximate surface area is 177 Å². The molecule has 3 aromatic rings. The molecular weight excluding hydrogens is 404 g/mol. The van der Waals surface area contributed by atoms with Gasteiger partial charge in [0.25, 0.3) is 11.9 Å². The minimum atomic E-state index is -0.970. The van der Waals surface area contributed by atoms with Gasteiger partial charge >= 0.3 is 0 Å². The number of hydrogen-bond donors (Lipinski definition) is 1. The van der Waals surface area contributed by atoms with Crippen LogP contribution in [0.2, 0.25) is 0 Å². The second-order valence-electron chi connectivity index (χ2n) is 6.42. The molecule has 7 nitrogen and oxygen atoms in total. The Bertz CT molecular complexity index is 1150. The number of nitrogens with one attached hydrogen (secondary N) is 1. The molecule has 158 valence electrons. The highest BCUT2D eigenvalue weighted by Crippen LogP contribution is 2.18. The summed E-state index contributed by atoms with van der Waals surface area (Å²) >= 11 is 0. The lowest BCUT2D eigenvalue weighted by atomic mass is 10.1. The van der Waals surface area contributed by atoms with Crippen molar-refractivity contribution in [1.29, 1.82) is 0 Å². The van der Waals surface area contributed by atoms with Crippen molar-refractivity contribution < 1.29 is 18.4 Å². The lowest BCUT2D eigenvalue weighted by Gasteiger charge is -2.09. The zero-order chi connectivity index (χ0) is 22.4. The summed E-state index contributed by atoms with van der Waals surface area (Å²) in [5.74, 6) is -2.16. The lowest BCUT2D eigenvalue weighted by molar-refractivity contribution is 0.102. The van der Waals surface area contributed by atoms with Gasteiger partial charge < -0.3 is 10.2 Å². The molecule has 0 atom stereocenters. The first-order valence-electron chi connectivity index (χ1n) is 9.32. The number of carbonyl (C=O) groups excluding carboxylic acids is 1. The van der Waals surface area contributed by atoms with E-state index in [1.165, 1.54) is 12.4 Å². The number of rotatable bonds is 7. The van der Waals surface area contributed by atoms with Crippen LogP contribution in [0.25, 0.3) is 6.08 Å². The summed E-state index contributed by atoms with van der Waals surface area (Å²) in [6, 6.07) is 4.14. The molecule has 1 amide bonds. The molecule has 0 aromatic carbocycles. The van der Waals surface area contributed by atoms with Gasteiger partial charge in [-0.25, -0.2) is 14.4 Å². The van der Waals surface area contributed by atoms with Gasteiger partial charge in [0, 0.05) is 30.2 Å². The molecule has 0 aliphatic heterocycles. The van der Waals surface area contributed by atoms with Crippen LogP contribution in [0.1, 0.15) is 40.4 Å². The number of halogens is 2. The van der Waals surface area contributed by atoms with Crippen LogP contribution >= 0.6 is 0 Å². The van der Waals surface area contributed by atoms with Gasteiger partial charge in [-0.1, -0.05) is 24.7 Å². The predicted octanol–water partition coefficient (Wildman–Crippen LogP) is 4.55. The number of aromatic nitrogens is 3. The molecule has 0 unspecified atom stereocenters. The van der Waals surface area contributed by atoms with E-state index in [4.69, 9.17) is 4.84 Å². The standard InChI is InChI=1S/C22H19F2N5O2/c1-4-14-9-25-12-17(13(14)3)22(30)28-20-7-6-15(10-26-20)18(5-2)29-31-19-8-16(23)11-27-21(19)24/h4,6-12H,1,5H2,2-3H3,(H,26,28,30). The van der Waals surface area contributed by atoms with E-state index < -0.39 is 17.5 Å². The van der Waals surface area contributed by atoms with E-state index in [0.717, 1.165) is 23.4 Å². The molecule has 31 heavy (non-hydrogen) atoms. The molecule has 3 rings (SSSR count). The van der Waals surface area contributed by atoms with Crippen molar-refractivity contribution in [3.05, 3.63) is 83.6 Å². The average molecular weight is 423 g/mol. The highest BCUT2D eigenvalue weighted by Gasteiger charge is 2.13. The Balaban J connectivity index is 1.74. The van der Waals surface area contributed by atoms with E-state index >= 15 is 0 Å². The number of pyridine rings is 3. The minimum Gasteiger partial charge on any atom is -0.352 e.